The first-order valence-corrected chi connectivity index (χ1v) is 8.41. The highest BCUT2D eigenvalue weighted by Crippen LogP contribution is 2.44. The van der Waals surface area contributed by atoms with Gasteiger partial charge in [0.1, 0.15) is 5.75 Å². The molecule has 2 bridgehead atoms. The molecular formula is C18H28N2O. The Kier molecular flexibility index (Phi) is 4.39. The zero-order chi connectivity index (χ0) is 14.8. The topological polar surface area (TPSA) is 24.5 Å². The van der Waals surface area contributed by atoms with E-state index in [4.69, 9.17) is 4.74 Å². The lowest BCUT2D eigenvalue weighted by Gasteiger charge is -2.33. The molecule has 2 aliphatic rings. The predicted octanol–water partition coefficient (Wildman–Crippen LogP) is 3.74. The molecule has 0 spiro atoms. The number of ether oxygens (including phenoxy) is 1. The summed E-state index contributed by atoms with van der Waals surface area (Å²) in [7, 11) is 1.78. The van der Waals surface area contributed by atoms with Gasteiger partial charge < -0.3 is 15.0 Å². The van der Waals surface area contributed by atoms with Crippen molar-refractivity contribution in [3.05, 3.63) is 23.8 Å². The van der Waals surface area contributed by atoms with Crippen LogP contribution >= 0.6 is 0 Å². The number of hydrogen-bond donors (Lipinski definition) is 1. The second-order valence-electron chi connectivity index (χ2n) is 6.55. The van der Waals surface area contributed by atoms with Crippen LogP contribution < -0.4 is 15.0 Å². The lowest BCUT2D eigenvalue weighted by Crippen LogP contribution is -2.33. The third-order valence-electron chi connectivity index (χ3n) is 5.12. The minimum absolute atomic E-state index is 0.329. The summed E-state index contributed by atoms with van der Waals surface area (Å²) in [6, 6.07) is 7.59. The molecule has 1 aromatic rings. The molecule has 3 rings (SSSR count). The number of fused-ring (bicyclic) bond motifs is 2. The molecule has 3 heteroatoms. The van der Waals surface area contributed by atoms with Gasteiger partial charge in [-0.3, -0.25) is 0 Å². The Morgan fingerprint density at radius 1 is 1.38 bits per heavy atom. The summed E-state index contributed by atoms with van der Waals surface area (Å²) in [4.78, 5) is 2.64. The van der Waals surface area contributed by atoms with E-state index >= 15 is 0 Å². The lowest BCUT2D eigenvalue weighted by atomic mass is 10.0. The largest absolute Gasteiger partial charge is 0.496 e. The summed E-state index contributed by atoms with van der Waals surface area (Å²) < 4.78 is 5.66. The highest BCUT2D eigenvalue weighted by molar-refractivity contribution is 5.62. The lowest BCUT2D eigenvalue weighted by molar-refractivity contribution is 0.401. The summed E-state index contributed by atoms with van der Waals surface area (Å²) in [6.07, 6.45) is 5.32. The summed E-state index contributed by atoms with van der Waals surface area (Å²) >= 11 is 0. The fourth-order valence-electron chi connectivity index (χ4n) is 4.08. The van der Waals surface area contributed by atoms with Crippen LogP contribution in [-0.4, -0.2) is 26.2 Å². The second-order valence-corrected chi connectivity index (χ2v) is 6.55. The second kappa shape index (κ2) is 6.27. The van der Waals surface area contributed by atoms with Gasteiger partial charge in [0.15, 0.2) is 0 Å². The quantitative estimate of drug-likeness (QED) is 0.863. The van der Waals surface area contributed by atoms with Crippen molar-refractivity contribution < 1.29 is 4.74 Å². The van der Waals surface area contributed by atoms with Crippen LogP contribution in [0.5, 0.6) is 5.75 Å². The molecule has 0 radical (unpaired) electrons. The van der Waals surface area contributed by atoms with E-state index in [1.165, 1.54) is 37.1 Å². The van der Waals surface area contributed by atoms with Gasteiger partial charge in [0.25, 0.3) is 0 Å². The van der Waals surface area contributed by atoms with Crippen molar-refractivity contribution in [2.24, 2.45) is 5.92 Å². The maximum Gasteiger partial charge on any atom is 0.125 e. The smallest absolute Gasteiger partial charge is 0.125 e. The fourth-order valence-corrected chi connectivity index (χ4v) is 4.08. The minimum atomic E-state index is 0.329. The Labute approximate surface area is 128 Å². The molecule has 3 nitrogen and oxygen atoms in total. The van der Waals surface area contributed by atoms with E-state index in [0.717, 1.165) is 30.7 Å². The Morgan fingerprint density at radius 3 is 2.86 bits per heavy atom. The molecular weight excluding hydrogens is 260 g/mol. The van der Waals surface area contributed by atoms with Crippen LogP contribution in [0.3, 0.4) is 0 Å². The third kappa shape index (κ3) is 2.76. The van der Waals surface area contributed by atoms with Gasteiger partial charge >= 0.3 is 0 Å². The number of rotatable bonds is 6. The van der Waals surface area contributed by atoms with E-state index in [1.54, 1.807) is 7.11 Å². The number of nitrogens with one attached hydrogen (secondary N) is 1. The summed E-state index contributed by atoms with van der Waals surface area (Å²) in [5.74, 6) is 1.93. The number of benzene rings is 1. The standard InChI is InChI=1S/C18H28N2O/c1-4-10-19-13(2)18-16(6-5-7-17(18)21-3)20-12-14-8-9-15(20)11-14/h5-7,13-15,19H,4,8-12H2,1-3H3. The van der Waals surface area contributed by atoms with Gasteiger partial charge in [0.05, 0.1) is 7.11 Å². The highest BCUT2D eigenvalue weighted by Gasteiger charge is 2.39. The molecule has 1 saturated heterocycles. The predicted molar refractivity (Wildman–Crippen MR) is 88.2 cm³/mol. The number of methoxy groups -OCH3 is 1. The Morgan fingerprint density at radius 2 is 2.24 bits per heavy atom. The normalized spacial score (nSPS) is 25.4. The molecule has 1 aromatic carbocycles. The number of nitrogens with zero attached hydrogens (tertiary/aromatic N) is 1. The maximum atomic E-state index is 5.66. The monoisotopic (exact) mass is 288 g/mol. The van der Waals surface area contributed by atoms with Crippen molar-refractivity contribution >= 4 is 5.69 Å². The average molecular weight is 288 g/mol. The summed E-state index contributed by atoms with van der Waals surface area (Å²) in [6.45, 7) is 6.74. The van der Waals surface area contributed by atoms with Crippen molar-refractivity contribution in [1.82, 2.24) is 5.32 Å². The Bertz CT molecular complexity index is 488. The molecule has 2 fully saturated rings. The zero-order valence-corrected chi connectivity index (χ0v) is 13.6. The molecule has 116 valence electrons. The zero-order valence-electron chi connectivity index (χ0n) is 13.6. The number of hydrogen-bond acceptors (Lipinski definition) is 3. The minimum Gasteiger partial charge on any atom is -0.496 e. The molecule has 1 N–H and O–H groups in total. The van der Waals surface area contributed by atoms with E-state index in [1.807, 2.05) is 0 Å². The Balaban J connectivity index is 1.92. The van der Waals surface area contributed by atoms with E-state index < -0.39 is 0 Å². The van der Waals surface area contributed by atoms with Crippen molar-refractivity contribution in [3.63, 3.8) is 0 Å². The molecule has 3 atom stereocenters. The number of anilines is 1. The van der Waals surface area contributed by atoms with Crippen LogP contribution in [0.1, 0.15) is 51.1 Å². The van der Waals surface area contributed by atoms with Gasteiger partial charge in [-0.25, -0.2) is 0 Å². The van der Waals surface area contributed by atoms with Crippen LogP contribution in [0.25, 0.3) is 0 Å². The van der Waals surface area contributed by atoms with E-state index in [9.17, 15) is 0 Å². The van der Waals surface area contributed by atoms with Gasteiger partial charge in [-0.05, 0) is 57.2 Å². The Hall–Kier alpha value is -1.22. The summed E-state index contributed by atoms with van der Waals surface area (Å²) in [5, 5.41) is 3.62. The highest BCUT2D eigenvalue weighted by atomic mass is 16.5. The third-order valence-corrected chi connectivity index (χ3v) is 5.12. The number of piperidine rings is 1. The van der Waals surface area contributed by atoms with Crippen molar-refractivity contribution in [3.8, 4) is 5.75 Å². The van der Waals surface area contributed by atoms with Crippen LogP contribution in [0.15, 0.2) is 18.2 Å². The van der Waals surface area contributed by atoms with E-state index in [2.05, 4.69) is 42.3 Å². The van der Waals surface area contributed by atoms with Gasteiger partial charge in [-0.1, -0.05) is 13.0 Å². The fraction of sp³-hybridized carbons (Fsp3) is 0.667. The van der Waals surface area contributed by atoms with Gasteiger partial charge in [0, 0.05) is 29.9 Å². The van der Waals surface area contributed by atoms with E-state index in [0.29, 0.717) is 6.04 Å². The molecule has 0 aromatic heterocycles. The molecule has 21 heavy (non-hydrogen) atoms. The molecule has 3 unspecified atom stereocenters. The van der Waals surface area contributed by atoms with Crippen molar-refractivity contribution in [2.45, 2.75) is 51.6 Å². The molecule has 1 saturated carbocycles. The van der Waals surface area contributed by atoms with E-state index in [-0.39, 0.29) is 0 Å². The van der Waals surface area contributed by atoms with Crippen molar-refractivity contribution in [2.75, 3.05) is 25.1 Å². The van der Waals surface area contributed by atoms with Gasteiger partial charge in [0.2, 0.25) is 0 Å². The van der Waals surface area contributed by atoms with Crippen LogP contribution in [-0.2, 0) is 0 Å². The first-order chi connectivity index (χ1) is 10.2. The van der Waals surface area contributed by atoms with Crippen LogP contribution in [0.4, 0.5) is 5.69 Å². The van der Waals surface area contributed by atoms with Gasteiger partial charge in [-0.15, -0.1) is 0 Å². The molecule has 0 amide bonds. The summed E-state index contributed by atoms with van der Waals surface area (Å²) in [5.41, 5.74) is 2.72. The van der Waals surface area contributed by atoms with Crippen LogP contribution in [0, 0.1) is 5.92 Å². The van der Waals surface area contributed by atoms with Crippen molar-refractivity contribution in [1.29, 1.82) is 0 Å². The van der Waals surface area contributed by atoms with Crippen LogP contribution in [0.2, 0.25) is 0 Å². The molecule has 1 aliphatic heterocycles. The molecule has 1 aliphatic carbocycles. The first kappa shape index (κ1) is 14.7. The average Bonchev–Trinajstić information content (AvgIpc) is 3.14. The molecule has 1 heterocycles. The maximum absolute atomic E-state index is 5.66. The SMILES string of the molecule is CCCNC(C)c1c(OC)cccc1N1CC2CCC1C2. The van der Waals surface area contributed by atoms with Gasteiger partial charge in [-0.2, -0.15) is 0 Å². The first-order valence-electron chi connectivity index (χ1n) is 8.41.